The Morgan fingerprint density at radius 3 is 0.947 bits per heavy atom. The minimum atomic E-state index is -6.45. The Balaban J connectivity index is 3.58. The Labute approximate surface area is 107 Å². The molecular weight excluding hydrogens is 349 g/mol. The highest BCUT2D eigenvalue weighted by Crippen LogP contribution is 2.69. The molecule has 19 heavy (non-hydrogen) atoms. The second kappa shape index (κ2) is 3.73. The fourth-order valence-electron chi connectivity index (χ4n) is 1.20. The van der Waals surface area contributed by atoms with Crippen molar-refractivity contribution in [1.29, 1.82) is 0 Å². The van der Waals surface area contributed by atoms with Gasteiger partial charge >= 0.3 is 34.3 Å². The maximum absolute atomic E-state index is 13.0. The lowest BCUT2D eigenvalue weighted by molar-refractivity contribution is -0.311. The van der Waals surface area contributed by atoms with Crippen LogP contribution < -0.4 is 0 Å². The van der Waals surface area contributed by atoms with E-state index in [0.29, 0.717) is 0 Å². The largest absolute Gasteiger partial charge is 0.438 e. The molecule has 0 amide bonds. The molecule has 1 aliphatic heterocycles. The Morgan fingerprint density at radius 2 is 0.842 bits per heavy atom. The van der Waals surface area contributed by atoms with Crippen molar-refractivity contribution >= 4 is 23.2 Å². The Hall–Kier alpha value is -0.160. The predicted molar refractivity (Wildman–Crippen MR) is 40.3 cm³/mol. The average Bonchev–Trinajstić information content (AvgIpc) is 2.22. The van der Waals surface area contributed by atoms with Gasteiger partial charge in [0, 0.05) is 0 Å². The number of alkyl halides is 12. The van der Waals surface area contributed by atoms with Crippen LogP contribution in [0.1, 0.15) is 0 Å². The standard InChI is InChI=1S/C6Cl2F10O/c7-1(5(13,14)15)3(9,10)4(11,12)2(8,19-1)6(16,17)18/t1-,2-/m1/s1. The Morgan fingerprint density at radius 1 is 0.632 bits per heavy atom. The molecular formula is C6Cl2F10O. The third-order valence-corrected chi connectivity index (χ3v) is 3.27. The van der Waals surface area contributed by atoms with Gasteiger partial charge in [-0.1, -0.05) is 23.2 Å². The highest BCUT2D eigenvalue weighted by Gasteiger charge is 2.96. The zero-order valence-electron chi connectivity index (χ0n) is 7.94. The molecule has 13 heteroatoms. The van der Waals surface area contributed by atoms with Crippen molar-refractivity contribution in [2.75, 3.05) is 0 Å². The first kappa shape index (κ1) is 16.9. The number of rotatable bonds is 0. The first-order chi connectivity index (χ1) is 7.96. The molecule has 1 saturated heterocycles. The molecule has 0 aromatic rings. The average molecular weight is 349 g/mol. The molecule has 0 aliphatic carbocycles. The summed E-state index contributed by atoms with van der Waals surface area (Å²) in [6.45, 7) is 0. The smallest absolute Gasteiger partial charge is 0.310 e. The van der Waals surface area contributed by atoms with Gasteiger partial charge in [0.05, 0.1) is 0 Å². The highest BCUT2D eigenvalue weighted by atomic mass is 35.5. The Bertz CT molecular complexity index is 352. The van der Waals surface area contributed by atoms with E-state index in [0.717, 1.165) is 0 Å². The topological polar surface area (TPSA) is 9.23 Å². The first-order valence-corrected chi connectivity index (χ1v) is 4.68. The summed E-state index contributed by atoms with van der Waals surface area (Å²) in [6.07, 6.45) is -12.9. The minimum Gasteiger partial charge on any atom is -0.310 e. The quantitative estimate of drug-likeness (QED) is 0.469. The zero-order chi connectivity index (χ0) is 15.7. The molecule has 1 nitrogen and oxygen atoms in total. The van der Waals surface area contributed by atoms with Crippen LogP contribution >= 0.6 is 23.2 Å². The summed E-state index contributed by atoms with van der Waals surface area (Å²) in [5.74, 6) is -12.9. The zero-order valence-corrected chi connectivity index (χ0v) is 9.46. The van der Waals surface area contributed by atoms with Gasteiger partial charge in [0.1, 0.15) is 0 Å². The van der Waals surface area contributed by atoms with Gasteiger partial charge in [-0.15, -0.1) is 0 Å². The summed E-state index contributed by atoms with van der Waals surface area (Å²) >= 11 is 8.30. The summed E-state index contributed by atoms with van der Waals surface area (Å²) in [6, 6.07) is 0. The van der Waals surface area contributed by atoms with Gasteiger partial charge in [-0.25, -0.2) is 0 Å². The van der Waals surface area contributed by atoms with E-state index in [1.54, 1.807) is 0 Å². The highest BCUT2D eigenvalue weighted by molar-refractivity contribution is 6.28. The van der Waals surface area contributed by atoms with Crippen LogP contribution in [0.2, 0.25) is 0 Å². The molecule has 1 heterocycles. The number of halogens is 12. The fraction of sp³-hybridized carbons (Fsp3) is 1.00. The van der Waals surface area contributed by atoms with Gasteiger partial charge < -0.3 is 4.74 Å². The van der Waals surface area contributed by atoms with Crippen molar-refractivity contribution in [1.82, 2.24) is 0 Å². The van der Waals surface area contributed by atoms with Crippen molar-refractivity contribution in [3.63, 3.8) is 0 Å². The van der Waals surface area contributed by atoms with Crippen molar-refractivity contribution in [3.8, 4) is 0 Å². The number of hydrogen-bond donors (Lipinski definition) is 0. The van der Waals surface area contributed by atoms with E-state index in [-0.39, 0.29) is 0 Å². The van der Waals surface area contributed by atoms with Crippen LogP contribution in [0.25, 0.3) is 0 Å². The molecule has 1 aliphatic rings. The van der Waals surface area contributed by atoms with Gasteiger partial charge in [0.25, 0.3) is 0 Å². The molecule has 0 saturated carbocycles. The monoisotopic (exact) mass is 348 g/mol. The van der Waals surface area contributed by atoms with Crippen molar-refractivity contribution in [2.45, 2.75) is 34.3 Å². The number of hydrogen-bond acceptors (Lipinski definition) is 1. The second-order valence-electron chi connectivity index (χ2n) is 3.44. The van der Waals surface area contributed by atoms with Gasteiger partial charge in [0.2, 0.25) is 0 Å². The predicted octanol–water partition coefficient (Wildman–Crippen LogP) is 4.28. The molecule has 0 unspecified atom stereocenters. The van der Waals surface area contributed by atoms with E-state index >= 15 is 0 Å². The second-order valence-corrected chi connectivity index (χ2v) is 4.50. The summed E-state index contributed by atoms with van der Waals surface area (Å²) in [4.78, 5) is 0. The van der Waals surface area contributed by atoms with E-state index in [9.17, 15) is 43.9 Å². The Kier molecular flexibility index (Phi) is 3.31. The SMILES string of the molecule is FC(F)(F)[C@]1(Cl)O[C@@](Cl)(C(F)(F)F)C(F)(F)C1(F)F. The van der Waals surface area contributed by atoms with Gasteiger partial charge in [0.15, 0.2) is 0 Å². The molecule has 0 N–H and O–H groups in total. The first-order valence-electron chi connectivity index (χ1n) is 3.93. The van der Waals surface area contributed by atoms with E-state index in [4.69, 9.17) is 0 Å². The van der Waals surface area contributed by atoms with Crippen LogP contribution in [0.5, 0.6) is 0 Å². The summed E-state index contributed by atoms with van der Waals surface area (Å²) in [5.41, 5.74) is 0. The van der Waals surface area contributed by atoms with Gasteiger partial charge in [-0.2, -0.15) is 43.9 Å². The van der Waals surface area contributed by atoms with Gasteiger partial charge in [-0.3, -0.25) is 0 Å². The molecule has 0 aromatic carbocycles. The van der Waals surface area contributed by atoms with E-state index in [1.165, 1.54) is 0 Å². The normalized spacial score (nSPS) is 38.5. The summed E-state index contributed by atoms with van der Waals surface area (Å²) in [7, 11) is 0. The van der Waals surface area contributed by atoms with E-state index < -0.39 is 34.3 Å². The number of ether oxygens (including phenoxy) is 1. The van der Waals surface area contributed by atoms with E-state index in [2.05, 4.69) is 27.9 Å². The van der Waals surface area contributed by atoms with E-state index in [1.807, 2.05) is 0 Å². The maximum atomic E-state index is 13.0. The van der Waals surface area contributed by atoms with Crippen molar-refractivity contribution in [3.05, 3.63) is 0 Å². The molecule has 0 spiro atoms. The molecule has 2 atom stereocenters. The summed E-state index contributed by atoms with van der Waals surface area (Å²) in [5, 5.41) is -11.2. The van der Waals surface area contributed by atoms with Crippen LogP contribution in [0.15, 0.2) is 0 Å². The van der Waals surface area contributed by atoms with Crippen LogP contribution in [-0.4, -0.2) is 34.3 Å². The van der Waals surface area contributed by atoms with Crippen molar-refractivity contribution in [2.24, 2.45) is 0 Å². The van der Waals surface area contributed by atoms with Crippen LogP contribution in [0.4, 0.5) is 43.9 Å². The molecule has 0 bridgehead atoms. The lowest BCUT2D eigenvalue weighted by atomic mass is 10.0. The third-order valence-electron chi connectivity index (χ3n) is 2.21. The van der Waals surface area contributed by atoms with Crippen molar-refractivity contribution < 1.29 is 48.6 Å². The molecule has 1 fully saturated rings. The fourth-order valence-corrected chi connectivity index (χ4v) is 1.71. The van der Waals surface area contributed by atoms with Crippen LogP contribution in [0.3, 0.4) is 0 Å². The third kappa shape index (κ3) is 1.73. The summed E-state index contributed by atoms with van der Waals surface area (Å²) < 4.78 is 128. The van der Waals surface area contributed by atoms with Crippen LogP contribution in [-0.2, 0) is 4.74 Å². The van der Waals surface area contributed by atoms with Gasteiger partial charge in [-0.05, 0) is 0 Å². The molecule has 114 valence electrons. The maximum Gasteiger partial charge on any atom is 0.438 e. The minimum absolute atomic E-state index is 2.68. The lowest BCUT2D eigenvalue weighted by Gasteiger charge is -2.30. The lowest BCUT2D eigenvalue weighted by Crippen LogP contribution is -2.60. The van der Waals surface area contributed by atoms with Crippen LogP contribution in [0, 0.1) is 0 Å². The molecule has 0 aromatic heterocycles. The molecule has 1 rings (SSSR count). The molecule has 0 radical (unpaired) electrons.